The van der Waals surface area contributed by atoms with E-state index in [2.05, 4.69) is 26.5 Å². The SMILES string of the molecule is [2H]c1c(Nc2ncc3cc(C#N)n([C@H]4COC[C@@H]4C)c3n2)c(OC2COC2)nn1C([2H])([2H])[2H]. The van der Waals surface area contributed by atoms with Crippen molar-refractivity contribution in [2.24, 2.45) is 12.9 Å². The molecule has 150 valence electrons. The molecule has 2 aliphatic rings. The number of aryl methyl sites for hydroxylation is 1. The zero-order chi connectivity index (χ0) is 23.3. The van der Waals surface area contributed by atoms with E-state index in [0.29, 0.717) is 47.8 Å². The van der Waals surface area contributed by atoms with Crippen molar-refractivity contribution in [3.63, 3.8) is 0 Å². The van der Waals surface area contributed by atoms with Crippen LogP contribution in [0, 0.1) is 17.2 Å². The minimum Gasteiger partial charge on any atom is -0.467 e. The summed E-state index contributed by atoms with van der Waals surface area (Å²) in [5, 5.41) is 17.2. The Morgan fingerprint density at radius 1 is 1.38 bits per heavy atom. The van der Waals surface area contributed by atoms with E-state index in [-0.39, 0.29) is 41.8 Å². The summed E-state index contributed by atoms with van der Waals surface area (Å²) < 4.78 is 50.1. The molecular formula is C19H21N7O3. The van der Waals surface area contributed by atoms with Crippen LogP contribution in [-0.2, 0) is 16.4 Å². The van der Waals surface area contributed by atoms with Crippen molar-refractivity contribution < 1.29 is 19.7 Å². The normalized spacial score (nSPS) is 24.3. The third kappa shape index (κ3) is 3.18. The van der Waals surface area contributed by atoms with Crippen LogP contribution in [0.4, 0.5) is 11.6 Å². The maximum Gasteiger partial charge on any atom is 0.257 e. The number of fused-ring (bicyclic) bond motifs is 1. The quantitative estimate of drug-likeness (QED) is 0.691. The highest BCUT2D eigenvalue weighted by Crippen LogP contribution is 2.32. The Kier molecular flexibility index (Phi) is 3.37. The lowest BCUT2D eigenvalue weighted by Gasteiger charge is -2.25. The minimum absolute atomic E-state index is 0.0357. The summed E-state index contributed by atoms with van der Waals surface area (Å²) in [6.07, 6.45) is 0.896. The standard InChI is InChI=1S/C19H21N7O3/c1-11-7-27-10-16(11)26-13(4-20)3-12-5-21-19(23-17(12)26)22-15-6-25(2)24-18(15)29-14-8-28-9-14/h3,5-6,11,14,16H,7-10H2,1-2H3,(H,21,22,23)/t11-,16-/m0/s1/i2D3,6D. The van der Waals surface area contributed by atoms with Crippen LogP contribution in [0.15, 0.2) is 18.4 Å². The van der Waals surface area contributed by atoms with Crippen molar-refractivity contribution in [2.75, 3.05) is 31.7 Å². The number of ether oxygens (including phenoxy) is 3. The van der Waals surface area contributed by atoms with Gasteiger partial charge in [-0.05, 0) is 6.07 Å². The average Bonchev–Trinajstić information content (AvgIpc) is 3.40. The molecule has 0 spiro atoms. The molecule has 10 nitrogen and oxygen atoms in total. The first-order chi connectivity index (χ1) is 15.8. The number of nitriles is 1. The van der Waals surface area contributed by atoms with E-state index >= 15 is 0 Å². The molecule has 2 fully saturated rings. The number of rotatable bonds is 5. The maximum atomic E-state index is 9.64. The Balaban J connectivity index is 1.55. The Bertz CT molecular complexity index is 1240. The van der Waals surface area contributed by atoms with Crippen LogP contribution in [0.2, 0.25) is 0 Å². The number of aromatic nitrogens is 5. The van der Waals surface area contributed by atoms with E-state index < -0.39 is 6.98 Å². The van der Waals surface area contributed by atoms with Gasteiger partial charge in [-0.15, -0.1) is 5.10 Å². The van der Waals surface area contributed by atoms with Gasteiger partial charge in [0.15, 0.2) is 0 Å². The first kappa shape index (κ1) is 13.9. The Hall–Kier alpha value is -3.16. The second-order valence-electron chi connectivity index (χ2n) is 7.17. The lowest BCUT2D eigenvalue weighted by Crippen LogP contribution is -2.38. The van der Waals surface area contributed by atoms with Gasteiger partial charge in [-0.2, -0.15) is 10.2 Å². The summed E-state index contributed by atoms with van der Waals surface area (Å²) >= 11 is 0. The van der Waals surface area contributed by atoms with Gasteiger partial charge >= 0.3 is 0 Å². The van der Waals surface area contributed by atoms with Crippen molar-refractivity contribution in [1.82, 2.24) is 24.3 Å². The predicted octanol–water partition coefficient (Wildman–Crippen LogP) is 1.77. The highest BCUT2D eigenvalue weighted by Gasteiger charge is 2.30. The summed E-state index contributed by atoms with van der Waals surface area (Å²) in [7, 11) is 0. The lowest BCUT2D eigenvalue weighted by atomic mass is 10.1. The third-order valence-corrected chi connectivity index (χ3v) is 5.09. The highest BCUT2D eigenvalue weighted by molar-refractivity contribution is 5.79. The molecule has 29 heavy (non-hydrogen) atoms. The van der Waals surface area contributed by atoms with E-state index in [1.54, 1.807) is 12.3 Å². The number of hydrogen-bond acceptors (Lipinski definition) is 8. The molecule has 1 N–H and O–H groups in total. The van der Waals surface area contributed by atoms with Crippen LogP contribution in [-0.4, -0.2) is 56.8 Å². The van der Waals surface area contributed by atoms with Gasteiger partial charge in [0.25, 0.3) is 5.88 Å². The molecule has 2 atom stereocenters. The topological polar surface area (TPSA) is 112 Å². The van der Waals surface area contributed by atoms with Gasteiger partial charge in [0.2, 0.25) is 5.95 Å². The number of hydrogen-bond donors (Lipinski definition) is 1. The number of nitrogens with one attached hydrogen (secondary N) is 1. The average molecular weight is 399 g/mol. The molecule has 0 aliphatic carbocycles. The summed E-state index contributed by atoms with van der Waals surface area (Å²) in [6.45, 7) is 1.15. The summed E-state index contributed by atoms with van der Waals surface area (Å²) in [4.78, 5) is 8.86. The summed E-state index contributed by atoms with van der Waals surface area (Å²) in [5.41, 5.74) is 1.02. The third-order valence-electron chi connectivity index (χ3n) is 5.09. The molecule has 0 aromatic carbocycles. The first-order valence-electron chi connectivity index (χ1n) is 11.2. The first-order valence-corrected chi connectivity index (χ1v) is 9.23. The largest absolute Gasteiger partial charge is 0.467 e. The predicted molar refractivity (Wildman–Crippen MR) is 103 cm³/mol. The maximum absolute atomic E-state index is 9.64. The Labute approximate surface area is 172 Å². The van der Waals surface area contributed by atoms with Gasteiger partial charge < -0.3 is 24.1 Å². The van der Waals surface area contributed by atoms with Crippen molar-refractivity contribution in [3.05, 3.63) is 24.1 Å². The lowest BCUT2D eigenvalue weighted by molar-refractivity contribution is -0.0812. The van der Waals surface area contributed by atoms with Gasteiger partial charge in [-0.1, -0.05) is 6.92 Å². The molecule has 2 aliphatic heterocycles. The Morgan fingerprint density at radius 3 is 2.93 bits per heavy atom. The van der Waals surface area contributed by atoms with Crippen LogP contribution in [0.1, 0.15) is 24.1 Å². The van der Waals surface area contributed by atoms with E-state index in [1.807, 2.05) is 11.5 Å². The molecule has 0 radical (unpaired) electrons. The van der Waals surface area contributed by atoms with E-state index in [9.17, 15) is 5.26 Å². The zero-order valence-electron chi connectivity index (χ0n) is 19.6. The second-order valence-corrected chi connectivity index (χ2v) is 7.17. The fraction of sp³-hybridized carbons (Fsp3) is 0.474. The van der Waals surface area contributed by atoms with Crippen LogP contribution in [0.3, 0.4) is 0 Å². The monoisotopic (exact) mass is 399 g/mol. The molecule has 3 aromatic heterocycles. The fourth-order valence-electron chi connectivity index (χ4n) is 3.50. The van der Waals surface area contributed by atoms with E-state index in [0.717, 1.165) is 0 Å². The van der Waals surface area contributed by atoms with Gasteiger partial charge in [0, 0.05) is 28.6 Å². The number of anilines is 2. The van der Waals surface area contributed by atoms with Crippen molar-refractivity contribution >= 4 is 22.7 Å². The molecule has 5 heterocycles. The molecule has 2 saturated heterocycles. The molecule has 0 saturated carbocycles. The van der Waals surface area contributed by atoms with Gasteiger partial charge in [0.1, 0.15) is 29.2 Å². The second kappa shape index (κ2) is 7.02. The molecule has 0 unspecified atom stereocenters. The molecule has 0 bridgehead atoms. The van der Waals surface area contributed by atoms with Gasteiger partial charge in [0.05, 0.1) is 40.0 Å². The highest BCUT2D eigenvalue weighted by atomic mass is 16.6. The van der Waals surface area contributed by atoms with E-state index in [4.69, 9.17) is 19.7 Å². The van der Waals surface area contributed by atoms with Gasteiger partial charge in [-0.3, -0.25) is 4.68 Å². The smallest absolute Gasteiger partial charge is 0.257 e. The van der Waals surface area contributed by atoms with Crippen molar-refractivity contribution in [3.8, 4) is 11.9 Å². The van der Waals surface area contributed by atoms with Crippen LogP contribution >= 0.6 is 0 Å². The summed E-state index contributed by atoms with van der Waals surface area (Å²) in [5.74, 6) is 0.270. The van der Waals surface area contributed by atoms with Gasteiger partial charge in [-0.25, -0.2) is 4.98 Å². The number of nitrogens with zero attached hydrogens (tertiary/aromatic N) is 6. The summed E-state index contributed by atoms with van der Waals surface area (Å²) in [6, 6.07) is 3.87. The van der Waals surface area contributed by atoms with Crippen LogP contribution in [0.5, 0.6) is 5.88 Å². The zero-order valence-corrected chi connectivity index (χ0v) is 15.6. The Morgan fingerprint density at radius 2 is 2.24 bits per heavy atom. The van der Waals surface area contributed by atoms with Crippen molar-refractivity contribution in [1.29, 1.82) is 5.26 Å². The molecular weight excluding hydrogens is 374 g/mol. The van der Waals surface area contributed by atoms with E-state index in [1.165, 1.54) is 0 Å². The molecule has 3 aromatic rings. The molecule has 5 rings (SSSR count). The molecule has 10 heteroatoms. The fourth-order valence-corrected chi connectivity index (χ4v) is 3.50. The van der Waals surface area contributed by atoms with Crippen LogP contribution < -0.4 is 10.1 Å². The minimum atomic E-state index is -2.66. The van der Waals surface area contributed by atoms with Crippen LogP contribution in [0.25, 0.3) is 11.0 Å². The van der Waals surface area contributed by atoms with Crippen molar-refractivity contribution in [2.45, 2.75) is 19.1 Å². The molecule has 0 amide bonds.